The van der Waals surface area contributed by atoms with E-state index in [4.69, 9.17) is 10.9 Å². The van der Waals surface area contributed by atoms with Crippen molar-refractivity contribution in [2.24, 2.45) is 10.9 Å². The number of nitrogens with two attached hydrogens (primary N) is 1. The topological polar surface area (TPSA) is 78.9 Å². The van der Waals surface area contributed by atoms with Gasteiger partial charge >= 0.3 is 0 Å². The van der Waals surface area contributed by atoms with Crippen molar-refractivity contribution in [1.29, 1.82) is 0 Å². The first kappa shape index (κ1) is 16.8. The van der Waals surface area contributed by atoms with E-state index < -0.39 is 28.9 Å². The summed E-state index contributed by atoms with van der Waals surface area (Å²) in [5.41, 5.74) is 4.48. The standard InChI is InChI=1S/C13H16F3N3O2/c1-7(2)19(4-3-11(17)18-21)13(20)12-9(15)5-8(14)6-10(12)16/h5-7,21H,3-4H2,1-2H3,(H2,17,18). The molecule has 1 aromatic carbocycles. The van der Waals surface area contributed by atoms with Gasteiger partial charge in [0.1, 0.15) is 28.9 Å². The number of hydrogen-bond donors (Lipinski definition) is 2. The van der Waals surface area contributed by atoms with Crippen molar-refractivity contribution >= 4 is 11.7 Å². The van der Waals surface area contributed by atoms with Gasteiger partial charge in [0.05, 0.1) is 0 Å². The summed E-state index contributed by atoms with van der Waals surface area (Å²) in [6, 6.07) is 0.504. The predicted octanol–water partition coefficient (Wildman–Crippen LogP) is 2.09. The lowest BCUT2D eigenvalue weighted by Crippen LogP contribution is -2.40. The zero-order valence-electron chi connectivity index (χ0n) is 11.6. The number of oxime groups is 1. The largest absolute Gasteiger partial charge is 0.409 e. The lowest BCUT2D eigenvalue weighted by molar-refractivity contribution is 0.0701. The van der Waals surface area contributed by atoms with Crippen molar-refractivity contribution in [1.82, 2.24) is 4.90 Å². The van der Waals surface area contributed by atoms with Crippen molar-refractivity contribution in [3.63, 3.8) is 0 Å². The number of benzene rings is 1. The van der Waals surface area contributed by atoms with Gasteiger partial charge in [-0.2, -0.15) is 0 Å². The van der Waals surface area contributed by atoms with E-state index in [-0.39, 0.29) is 24.8 Å². The molecule has 3 N–H and O–H groups in total. The monoisotopic (exact) mass is 303 g/mol. The summed E-state index contributed by atoms with van der Waals surface area (Å²) >= 11 is 0. The molecule has 0 aliphatic rings. The zero-order valence-corrected chi connectivity index (χ0v) is 11.6. The second kappa shape index (κ2) is 6.96. The van der Waals surface area contributed by atoms with Crippen LogP contribution >= 0.6 is 0 Å². The summed E-state index contributed by atoms with van der Waals surface area (Å²) in [5.74, 6) is -4.69. The molecule has 0 heterocycles. The molecule has 0 bridgehead atoms. The van der Waals surface area contributed by atoms with Crippen molar-refractivity contribution in [2.45, 2.75) is 26.3 Å². The molecular weight excluding hydrogens is 287 g/mol. The number of nitrogens with zero attached hydrogens (tertiary/aromatic N) is 2. The molecule has 0 saturated carbocycles. The maximum absolute atomic E-state index is 13.6. The van der Waals surface area contributed by atoms with E-state index in [1.165, 1.54) is 0 Å². The summed E-state index contributed by atoms with van der Waals surface area (Å²) in [6.07, 6.45) is 0.0326. The van der Waals surface area contributed by atoms with Crippen LogP contribution in [-0.4, -0.2) is 34.4 Å². The molecule has 0 unspecified atom stereocenters. The maximum atomic E-state index is 13.6. The van der Waals surface area contributed by atoms with Crippen LogP contribution in [0.25, 0.3) is 0 Å². The average molecular weight is 303 g/mol. The average Bonchev–Trinajstić information content (AvgIpc) is 2.36. The fourth-order valence-electron chi connectivity index (χ4n) is 1.77. The van der Waals surface area contributed by atoms with Crippen molar-refractivity contribution < 1.29 is 23.2 Å². The molecule has 21 heavy (non-hydrogen) atoms. The van der Waals surface area contributed by atoms with Gasteiger partial charge in [-0.3, -0.25) is 4.79 Å². The van der Waals surface area contributed by atoms with Crippen molar-refractivity contribution in [3.8, 4) is 0 Å². The highest BCUT2D eigenvalue weighted by molar-refractivity contribution is 5.95. The number of carbonyl (C=O) groups is 1. The molecule has 0 fully saturated rings. The summed E-state index contributed by atoms with van der Waals surface area (Å²) in [4.78, 5) is 13.4. The van der Waals surface area contributed by atoms with Crippen LogP contribution in [0.4, 0.5) is 13.2 Å². The minimum absolute atomic E-state index is 0.00263. The quantitative estimate of drug-likeness (QED) is 0.378. The molecule has 1 aromatic rings. The predicted molar refractivity (Wildman–Crippen MR) is 70.5 cm³/mol. The fraction of sp³-hybridized carbons (Fsp3) is 0.385. The Labute approximate surface area is 119 Å². The number of carbonyl (C=O) groups excluding carboxylic acids is 1. The van der Waals surface area contributed by atoms with Gasteiger partial charge in [0.2, 0.25) is 0 Å². The van der Waals surface area contributed by atoms with Crippen molar-refractivity contribution in [3.05, 3.63) is 35.1 Å². The van der Waals surface area contributed by atoms with Crippen LogP contribution in [0.3, 0.4) is 0 Å². The van der Waals surface area contributed by atoms with Crippen LogP contribution < -0.4 is 5.73 Å². The minimum Gasteiger partial charge on any atom is -0.409 e. The Hall–Kier alpha value is -2.25. The Balaban J connectivity index is 3.07. The van der Waals surface area contributed by atoms with E-state index in [2.05, 4.69) is 5.16 Å². The molecule has 0 spiro atoms. The van der Waals surface area contributed by atoms with Crippen LogP contribution in [0.1, 0.15) is 30.6 Å². The lowest BCUT2D eigenvalue weighted by Gasteiger charge is -2.27. The summed E-state index contributed by atoms with van der Waals surface area (Å²) in [7, 11) is 0. The molecule has 0 saturated heterocycles. The number of halogens is 3. The Morgan fingerprint density at radius 1 is 1.33 bits per heavy atom. The van der Waals surface area contributed by atoms with Gasteiger partial charge in [-0.05, 0) is 13.8 Å². The Kier molecular flexibility index (Phi) is 5.57. The Bertz CT molecular complexity index is 539. The molecule has 116 valence electrons. The van der Waals surface area contributed by atoms with Gasteiger partial charge in [-0.1, -0.05) is 5.16 Å². The first-order valence-electron chi connectivity index (χ1n) is 6.19. The van der Waals surface area contributed by atoms with E-state index >= 15 is 0 Å². The number of amidine groups is 1. The van der Waals surface area contributed by atoms with Crippen LogP contribution in [0.5, 0.6) is 0 Å². The summed E-state index contributed by atoms with van der Waals surface area (Å²) in [6.45, 7) is 3.29. The molecule has 5 nitrogen and oxygen atoms in total. The van der Waals surface area contributed by atoms with Crippen LogP contribution in [-0.2, 0) is 0 Å². The molecule has 0 aliphatic carbocycles. The van der Waals surface area contributed by atoms with Gasteiger partial charge in [0, 0.05) is 31.1 Å². The third-order valence-corrected chi connectivity index (χ3v) is 2.84. The smallest absolute Gasteiger partial charge is 0.260 e. The van der Waals surface area contributed by atoms with E-state index in [1.807, 2.05) is 0 Å². The molecule has 8 heteroatoms. The normalized spacial score (nSPS) is 11.8. The van der Waals surface area contributed by atoms with Crippen LogP contribution in [0.2, 0.25) is 0 Å². The summed E-state index contributed by atoms with van der Waals surface area (Å²) in [5, 5.41) is 11.2. The minimum atomic E-state index is -1.27. The lowest BCUT2D eigenvalue weighted by atomic mass is 10.1. The SMILES string of the molecule is CC(C)N(CCC(N)=NO)C(=O)c1c(F)cc(F)cc1F. The second-order valence-corrected chi connectivity index (χ2v) is 4.68. The number of amides is 1. The highest BCUT2D eigenvalue weighted by Gasteiger charge is 2.26. The highest BCUT2D eigenvalue weighted by Crippen LogP contribution is 2.18. The molecule has 1 amide bonds. The van der Waals surface area contributed by atoms with E-state index in [0.717, 1.165) is 4.90 Å². The second-order valence-electron chi connectivity index (χ2n) is 4.68. The van der Waals surface area contributed by atoms with Gasteiger partial charge in [-0.25, -0.2) is 13.2 Å². The molecule has 0 aliphatic heterocycles. The van der Waals surface area contributed by atoms with Gasteiger partial charge in [0.25, 0.3) is 5.91 Å². The van der Waals surface area contributed by atoms with E-state index in [0.29, 0.717) is 12.1 Å². The van der Waals surface area contributed by atoms with Crippen LogP contribution in [0, 0.1) is 17.5 Å². The molecular formula is C13H16F3N3O2. The highest BCUT2D eigenvalue weighted by atomic mass is 19.1. The molecule has 0 aromatic heterocycles. The zero-order chi connectivity index (χ0) is 16.2. The molecule has 0 atom stereocenters. The summed E-state index contributed by atoms with van der Waals surface area (Å²) < 4.78 is 40.1. The van der Waals surface area contributed by atoms with Gasteiger partial charge in [0.15, 0.2) is 0 Å². The van der Waals surface area contributed by atoms with Gasteiger partial charge < -0.3 is 15.8 Å². The first-order chi connectivity index (χ1) is 9.77. The third kappa shape index (κ3) is 4.11. The Morgan fingerprint density at radius 3 is 2.29 bits per heavy atom. The fourth-order valence-corrected chi connectivity index (χ4v) is 1.77. The maximum Gasteiger partial charge on any atom is 0.260 e. The third-order valence-electron chi connectivity index (χ3n) is 2.84. The van der Waals surface area contributed by atoms with E-state index in [1.54, 1.807) is 13.8 Å². The Morgan fingerprint density at radius 2 is 1.86 bits per heavy atom. The molecule has 0 radical (unpaired) electrons. The van der Waals surface area contributed by atoms with Gasteiger partial charge in [-0.15, -0.1) is 0 Å². The molecule has 1 rings (SSSR count). The van der Waals surface area contributed by atoms with Crippen molar-refractivity contribution in [2.75, 3.05) is 6.54 Å². The first-order valence-corrected chi connectivity index (χ1v) is 6.19. The number of hydrogen-bond acceptors (Lipinski definition) is 3. The number of rotatable bonds is 5. The van der Waals surface area contributed by atoms with Crippen LogP contribution in [0.15, 0.2) is 17.3 Å². The van der Waals surface area contributed by atoms with E-state index in [9.17, 15) is 18.0 Å².